The lowest BCUT2D eigenvalue weighted by molar-refractivity contribution is 0.473. The summed E-state index contributed by atoms with van der Waals surface area (Å²) in [5.74, 6) is 0.304. The molecule has 0 spiro atoms. The largest absolute Gasteiger partial charge is 0.507 e. The van der Waals surface area contributed by atoms with E-state index in [0.717, 1.165) is 9.86 Å². The van der Waals surface area contributed by atoms with Crippen LogP contribution in [0.4, 0.5) is 0 Å². The monoisotopic (exact) mass is 354 g/mol. The lowest BCUT2D eigenvalue weighted by Crippen LogP contribution is -1.70. The fraction of sp³-hybridized carbons (Fsp3) is 0. The predicted octanol–water partition coefficient (Wildman–Crippen LogP) is 3.97. The Morgan fingerprint density at radius 2 is 2.17 bits per heavy atom. The average molecular weight is 355 g/mol. The molecular weight excluding hydrogens is 351 g/mol. The van der Waals surface area contributed by atoms with Crippen LogP contribution in [0.3, 0.4) is 0 Å². The number of rotatable bonds is 0. The Morgan fingerprint density at radius 1 is 1.42 bits per heavy atom. The maximum Gasteiger partial charge on any atom is 0.130 e. The van der Waals surface area contributed by atoms with E-state index in [1.54, 1.807) is 17.4 Å². The third-order valence-corrected chi connectivity index (χ3v) is 4.49. The fourth-order valence-corrected chi connectivity index (χ4v) is 3.35. The zero-order chi connectivity index (χ0) is 8.72. The lowest BCUT2D eigenvalue weighted by Gasteiger charge is -1.96. The van der Waals surface area contributed by atoms with Crippen LogP contribution in [0.25, 0.3) is 10.1 Å². The van der Waals surface area contributed by atoms with E-state index in [1.165, 1.54) is 8.27 Å². The Labute approximate surface area is 95.7 Å². The second-order valence-corrected chi connectivity index (χ2v) is 5.31. The van der Waals surface area contributed by atoms with E-state index < -0.39 is 0 Å². The van der Waals surface area contributed by atoms with E-state index in [-0.39, 0.29) is 0 Å². The number of thiophene rings is 1. The molecule has 0 bridgehead atoms. The van der Waals surface area contributed by atoms with Crippen LogP contribution in [0.2, 0.25) is 0 Å². The van der Waals surface area contributed by atoms with Crippen molar-refractivity contribution in [1.29, 1.82) is 0 Å². The molecule has 12 heavy (non-hydrogen) atoms. The van der Waals surface area contributed by atoms with E-state index in [2.05, 4.69) is 43.9 Å². The minimum Gasteiger partial charge on any atom is -0.507 e. The second-order valence-electron chi connectivity index (χ2n) is 2.38. The van der Waals surface area contributed by atoms with Gasteiger partial charge in [0.25, 0.3) is 0 Å². The molecule has 2 aromatic rings. The number of halogens is 2. The van der Waals surface area contributed by atoms with Gasteiger partial charge in [-0.25, -0.2) is 0 Å². The summed E-state index contributed by atoms with van der Waals surface area (Å²) in [5, 5.41) is 12.6. The standard InChI is InChI=1S/C8H4BrIOS/c9-5-2-8-4(1-7(5)11)6(10)3-12-8/h1-3,11H. The third-order valence-electron chi connectivity index (χ3n) is 1.60. The number of phenolic OH excluding ortho intramolecular Hbond substituents is 1. The zero-order valence-electron chi connectivity index (χ0n) is 5.84. The lowest BCUT2D eigenvalue weighted by atomic mass is 10.2. The van der Waals surface area contributed by atoms with Gasteiger partial charge in [-0.05, 0) is 50.7 Å². The Morgan fingerprint density at radius 3 is 2.92 bits per heavy atom. The molecule has 0 aliphatic heterocycles. The van der Waals surface area contributed by atoms with Crippen LogP contribution >= 0.6 is 49.9 Å². The number of aromatic hydroxyl groups is 1. The zero-order valence-corrected chi connectivity index (χ0v) is 10.4. The molecule has 1 heterocycles. The smallest absolute Gasteiger partial charge is 0.130 e. The first-order chi connectivity index (χ1) is 5.68. The van der Waals surface area contributed by atoms with E-state index in [1.807, 2.05) is 6.07 Å². The first kappa shape index (κ1) is 8.77. The molecule has 1 aromatic carbocycles. The molecule has 0 aliphatic rings. The van der Waals surface area contributed by atoms with Crippen LogP contribution in [0, 0.1) is 3.57 Å². The molecule has 0 radical (unpaired) electrons. The maximum atomic E-state index is 9.41. The summed E-state index contributed by atoms with van der Waals surface area (Å²) in [6.07, 6.45) is 0. The van der Waals surface area contributed by atoms with Crippen LogP contribution in [-0.2, 0) is 0 Å². The number of hydrogen-bond acceptors (Lipinski definition) is 2. The van der Waals surface area contributed by atoms with Crippen LogP contribution in [0.1, 0.15) is 0 Å². The summed E-state index contributed by atoms with van der Waals surface area (Å²) >= 11 is 7.23. The van der Waals surface area contributed by atoms with Gasteiger partial charge < -0.3 is 5.11 Å². The van der Waals surface area contributed by atoms with Gasteiger partial charge in [0.15, 0.2) is 0 Å². The first-order valence-corrected chi connectivity index (χ1v) is 5.99. The summed E-state index contributed by atoms with van der Waals surface area (Å²) in [7, 11) is 0. The topological polar surface area (TPSA) is 20.2 Å². The molecule has 0 fully saturated rings. The van der Waals surface area contributed by atoms with Gasteiger partial charge in [0, 0.05) is 19.0 Å². The van der Waals surface area contributed by atoms with Crippen LogP contribution in [-0.4, -0.2) is 5.11 Å². The van der Waals surface area contributed by atoms with E-state index in [9.17, 15) is 5.11 Å². The fourth-order valence-electron chi connectivity index (χ4n) is 1.01. The van der Waals surface area contributed by atoms with Crippen molar-refractivity contribution in [3.63, 3.8) is 0 Å². The average Bonchev–Trinajstić information content (AvgIpc) is 2.35. The van der Waals surface area contributed by atoms with E-state index in [0.29, 0.717) is 5.75 Å². The Balaban J connectivity index is 2.87. The summed E-state index contributed by atoms with van der Waals surface area (Å²) < 4.78 is 3.15. The van der Waals surface area contributed by atoms with Crippen molar-refractivity contribution in [3.05, 3.63) is 25.6 Å². The molecule has 1 aromatic heterocycles. The van der Waals surface area contributed by atoms with Crippen LogP contribution in [0.5, 0.6) is 5.75 Å². The molecular formula is C8H4BrIOS. The van der Waals surface area contributed by atoms with Gasteiger partial charge in [0.2, 0.25) is 0 Å². The molecule has 2 rings (SSSR count). The molecule has 1 N–H and O–H groups in total. The van der Waals surface area contributed by atoms with Crippen molar-refractivity contribution in [3.8, 4) is 5.75 Å². The molecule has 0 atom stereocenters. The van der Waals surface area contributed by atoms with Gasteiger partial charge in [0.05, 0.1) is 4.47 Å². The van der Waals surface area contributed by atoms with Crippen molar-refractivity contribution < 1.29 is 5.11 Å². The van der Waals surface area contributed by atoms with E-state index in [4.69, 9.17) is 0 Å². The van der Waals surface area contributed by atoms with Gasteiger partial charge in [0.1, 0.15) is 5.75 Å². The maximum absolute atomic E-state index is 9.41. The Hall–Kier alpha value is 0.190. The summed E-state index contributed by atoms with van der Waals surface area (Å²) in [5.41, 5.74) is 0. The van der Waals surface area contributed by atoms with Gasteiger partial charge in [-0.3, -0.25) is 0 Å². The Kier molecular flexibility index (Phi) is 2.31. The second kappa shape index (κ2) is 3.16. The highest BCUT2D eigenvalue weighted by atomic mass is 127. The molecule has 0 unspecified atom stereocenters. The predicted molar refractivity (Wildman–Crippen MR) is 63.9 cm³/mol. The van der Waals surface area contributed by atoms with Gasteiger partial charge in [-0.15, -0.1) is 11.3 Å². The van der Waals surface area contributed by atoms with Gasteiger partial charge >= 0.3 is 0 Å². The third kappa shape index (κ3) is 1.36. The van der Waals surface area contributed by atoms with Crippen molar-refractivity contribution in [1.82, 2.24) is 0 Å². The molecule has 0 saturated heterocycles. The van der Waals surface area contributed by atoms with Crippen molar-refractivity contribution >= 4 is 59.9 Å². The van der Waals surface area contributed by atoms with Crippen molar-refractivity contribution in [2.75, 3.05) is 0 Å². The van der Waals surface area contributed by atoms with Crippen molar-refractivity contribution in [2.24, 2.45) is 0 Å². The molecule has 4 heteroatoms. The number of hydrogen-bond donors (Lipinski definition) is 1. The number of phenols is 1. The summed E-state index contributed by atoms with van der Waals surface area (Å²) in [6, 6.07) is 3.73. The quantitative estimate of drug-likeness (QED) is 0.709. The molecule has 1 nitrogen and oxygen atoms in total. The first-order valence-electron chi connectivity index (χ1n) is 3.23. The van der Waals surface area contributed by atoms with Gasteiger partial charge in [-0.1, -0.05) is 0 Å². The number of fused-ring (bicyclic) bond motifs is 1. The van der Waals surface area contributed by atoms with Crippen LogP contribution < -0.4 is 0 Å². The molecule has 0 amide bonds. The highest BCUT2D eigenvalue weighted by Crippen LogP contribution is 2.34. The normalized spacial score (nSPS) is 10.8. The summed E-state index contributed by atoms with van der Waals surface area (Å²) in [4.78, 5) is 0. The Bertz CT molecular complexity index is 438. The minimum atomic E-state index is 0.304. The highest BCUT2D eigenvalue weighted by molar-refractivity contribution is 14.1. The van der Waals surface area contributed by atoms with Crippen molar-refractivity contribution in [2.45, 2.75) is 0 Å². The molecule has 0 aliphatic carbocycles. The van der Waals surface area contributed by atoms with Gasteiger partial charge in [-0.2, -0.15) is 0 Å². The molecule has 62 valence electrons. The summed E-state index contributed by atoms with van der Waals surface area (Å²) in [6.45, 7) is 0. The van der Waals surface area contributed by atoms with E-state index >= 15 is 0 Å². The SMILES string of the molecule is Oc1cc2c(I)csc2cc1Br. The highest BCUT2D eigenvalue weighted by Gasteiger charge is 2.05. The molecule has 0 saturated carbocycles. The number of benzene rings is 1. The minimum absolute atomic E-state index is 0.304. The van der Waals surface area contributed by atoms with Crippen LogP contribution in [0.15, 0.2) is 22.0 Å².